The summed E-state index contributed by atoms with van der Waals surface area (Å²) in [6, 6.07) is 5.13. The zero-order chi connectivity index (χ0) is 13.7. The minimum atomic E-state index is -0.132. The van der Waals surface area contributed by atoms with Crippen LogP contribution in [0.3, 0.4) is 0 Å². The number of nitrogens with one attached hydrogen (secondary N) is 1. The van der Waals surface area contributed by atoms with E-state index in [1.165, 1.54) is 37.9 Å². The van der Waals surface area contributed by atoms with Gasteiger partial charge in [-0.05, 0) is 82.0 Å². The van der Waals surface area contributed by atoms with Gasteiger partial charge in [0.25, 0.3) is 0 Å². The van der Waals surface area contributed by atoms with Crippen molar-refractivity contribution in [3.8, 4) is 0 Å². The Hall–Kier alpha value is -0.640. The normalized spacial score (nSPS) is 16.9. The summed E-state index contributed by atoms with van der Waals surface area (Å²) in [6.45, 7) is 6.43. The first kappa shape index (κ1) is 17.4. The lowest BCUT2D eigenvalue weighted by atomic mass is 9.93. The summed E-state index contributed by atoms with van der Waals surface area (Å²) in [4.78, 5) is 2.50. The Bertz CT molecular complexity index is 403. The number of benzene rings is 1. The van der Waals surface area contributed by atoms with Gasteiger partial charge in [-0.1, -0.05) is 6.07 Å². The third-order valence-electron chi connectivity index (χ3n) is 4.21. The Kier molecular flexibility index (Phi) is 7.49. The van der Waals surface area contributed by atoms with Crippen molar-refractivity contribution in [1.29, 1.82) is 0 Å². The highest BCUT2D eigenvalue weighted by atomic mass is 35.5. The highest BCUT2D eigenvalue weighted by Gasteiger charge is 2.19. The van der Waals surface area contributed by atoms with Gasteiger partial charge in [-0.3, -0.25) is 4.90 Å². The molecule has 1 aromatic carbocycles. The van der Waals surface area contributed by atoms with Crippen molar-refractivity contribution in [1.82, 2.24) is 10.2 Å². The van der Waals surface area contributed by atoms with Crippen LogP contribution in [0.2, 0.25) is 0 Å². The average molecular weight is 301 g/mol. The van der Waals surface area contributed by atoms with Crippen LogP contribution in [0, 0.1) is 18.7 Å². The van der Waals surface area contributed by atoms with E-state index in [0.29, 0.717) is 0 Å². The molecule has 0 aromatic heterocycles. The topological polar surface area (TPSA) is 15.3 Å². The number of hydrogen-bond acceptors (Lipinski definition) is 2. The molecule has 1 aliphatic rings. The van der Waals surface area contributed by atoms with Crippen LogP contribution in [0.25, 0.3) is 0 Å². The molecule has 0 radical (unpaired) electrons. The summed E-state index contributed by atoms with van der Waals surface area (Å²) >= 11 is 0. The van der Waals surface area contributed by atoms with E-state index in [2.05, 4.69) is 10.2 Å². The van der Waals surface area contributed by atoms with Crippen LogP contribution < -0.4 is 5.32 Å². The summed E-state index contributed by atoms with van der Waals surface area (Å²) in [7, 11) is 2.02. The van der Waals surface area contributed by atoms with E-state index >= 15 is 0 Å². The third-order valence-corrected chi connectivity index (χ3v) is 4.21. The van der Waals surface area contributed by atoms with Crippen molar-refractivity contribution in [3.63, 3.8) is 0 Å². The van der Waals surface area contributed by atoms with Gasteiger partial charge >= 0.3 is 0 Å². The van der Waals surface area contributed by atoms with Gasteiger partial charge in [0.15, 0.2) is 0 Å². The molecule has 1 heterocycles. The molecule has 0 bridgehead atoms. The average Bonchev–Trinajstić information content (AvgIpc) is 2.41. The lowest BCUT2D eigenvalue weighted by molar-refractivity contribution is 0.172. The monoisotopic (exact) mass is 300 g/mol. The van der Waals surface area contributed by atoms with E-state index in [1.807, 2.05) is 20.0 Å². The van der Waals surface area contributed by atoms with Crippen molar-refractivity contribution in [2.24, 2.45) is 5.92 Å². The minimum absolute atomic E-state index is 0. The summed E-state index contributed by atoms with van der Waals surface area (Å²) < 4.78 is 13.1. The van der Waals surface area contributed by atoms with Gasteiger partial charge in [0.2, 0.25) is 0 Å². The number of piperidine rings is 1. The molecule has 1 aromatic rings. The predicted octanol–water partition coefficient (Wildman–Crippen LogP) is 3.38. The fourth-order valence-electron chi connectivity index (χ4n) is 2.86. The summed E-state index contributed by atoms with van der Waals surface area (Å²) in [6.07, 6.45) is 3.88. The Morgan fingerprint density at radius 2 is 2.00 bits per heavy atom. The van der Waals surface area contributed by atoms with Crippen LogP contribution in [-0.2, 0) is 6.54 Å². The molecule has 2 rings (SSSR count). The first-order chi connectivity index (χ1) is 9.19. The van der Waals surface area contributed by atoms with Crippen LogP contribution in [0.5, 0.6) is 0 Å². The Morgan fingerprint density at radius 1 is 1.30 bits per heavy atom. The molecule has 0 saturated carbocycles. The van der Waals surface area contributed by atoms with Crippen LogP contribution in [0.15, 0.2) is 18.2 Å². The Balaban J connectivity index is 0.00000200. The van der Waals surface area contributed by atoms with Crippen LogP contribution in [0.1, 0.15) is 30.4 Å². The fraction of sp³-hybridized carbons (Fsp3) is 0.625. The molecular weight excluding hydrogens is 275 g/mol. The van der Waals surface area contributed by atoms with Crippen molar-refractivity contribution in [2.75, 3.05) is 26.7 Å². The largest absolute Gasteiger partial charge is 0.320 e. The molecule has 1 fully saturated rings. The SMILES string of the molecule is CNCCC1CCN(Cc2ccc(F)cc2C)CC1.Cl. The highest BCUT2D eigenvalue weighted by molar-refractivity contribution is 5.85. The molecule has 114 valence electrons. The molecule has 2 nitrogen and oxygen atoms in total. The van der Waals surface area contributed by atoms with E-state index in [-0.39, 0.29) is 18.2 Å². The first-order valence-corrected chi connectivity index (χ1v) is 7.31. The van der Waals surface area contributed by atoms with Crippen LogP contribution in [0.4, 0.5) is 4.39 Å². The number of likely N-dealkylation sites (tertiary alicyclic amines) is 1. The highest BCUT2D eigenvalue weighted by Crippen LogP contribution is 2.22. The van der Waals surface area contributed by atoms with Crippen LogP contribution >= 0.6 is 12.4 Å². The Morgan fingerprint density at radius 3 is 2.60 bits per heavy atom. The predicted molar refractivity (Wildman–Crippen MR) is 84.9 cm³/mol. The summed E-state index contributed by atoms with van der Waals surface area (Å²) in [5, 5.41) is 3.23. The minimum Gasteiger partial charge on any atom is -0.320 e. The molecule has 0 aliphatic carbocycles. The second kappa shape index (κ2) is 8.60. The third kappa shape index (κ3) is 5.04. The van der Waals surface area contributed by atoms with E-state index in [9.17, 15) is 4.39 Å². The standard InChI is InChI=1S/C16H25FN2.ClH/c1-13-11-16(17)4-3-15(13)12-19-9-6-14(7-10-19)5-8-18-2;/h3-4,11,14,18H,5-10,12H2,1-2H3;1H. The molecule has 1 saturated heterocycles. The van der Waals surface area contributed by atoms with Gasteiger partial charge in [0.05, 0.1) is 0 Å². The number of nitrogens with zero attached hydrogens (tertiary/aromatic N) is 1. The molecular formula is C16H26ClFN2. The van der Waals surface area contributed by atoms with E-state index < -0.39 is 0 Å². The van der Waals surface area contributed by atoms with E-state index in [1.54, 1.807) is 12.1 Å². The zero-order valence-corrected chi connectivity index (χ0v) is 13.3. The van der Waals surface area contributed by atoms with Gasteiger partial charge in [-0.25, -0.2) is 4.39 Å². The van der Waals surface area contributed by atoms with Crippen molar-refractivity contribution < 1.29 is 4.39 Å². The maximum absolute atomic E-state index is 13.1. The second-order valence-corrected chi connectivity index (χ2v) is 5.68. The number of rotatable bonds is 5. The van der Waals surface area contributed by atoms with Crippen molar-refractivity contribution in [2.45, 2.75) is 32.7 Å². The molecule has 0 unspecified atom stereocenters. The maximum atomic E-state index is 13.1. The molecule has 1 N–H and O–H groups in total. The smallest absolute Gasteiger partial charge is 0.123 e. The number of hydrogen-bond donors (Lipinski definition) is 1. The van der Waals surface area contributed by atoms with E-state index in [4.69, 9.17) is 0 Å². The summed E-state index contributed by atoms with van der Waals surface area (Å²) in [5.74, 6) is 0.741. The zero-order valence-electron chi connectivity index (χ0n) is 12.5. The molecule has 0 amide bonds. The van der Waals surface area contributed by atoms with Gasteiger partial charge < -0.3 is 5.32 Å². The van der Waals surface area contributed by atoms with Gasteiger partial charge in [0, 0.05) is 6.54 Å². The van der Waals surface area contributed by atoms with Gasteiger partial charge in [-0.15, -0.1) is 12.4 Å². The quantitative estimate of drug-likeness (QED) is 0.897. The van der Waals surface area contributed by atoms with Crippen LogP contribution in [-0.4, -0.2) is 31.6 Å². The first-order valence-electron chi connectivity index (χ1n) is 7.31. The molecule has 0 atom stereocenters. The summed E-state index contributed by atoms with van der Waals surface area (Å²) in [5.41, 5.74) is 2.33. The second-order valence-electron chi connectivity index (χ2n) is 5.68. The fourth-order valence-corrected chi connectivity index (χ4v) is 2.86. The Labute approximate surface area is 128 Å². The van der Waals surface area contributed by atoms with Crippen molar-refractivity contribution >= 4 is 12.4 Å². The number of halogens is 2. The molecule has 4 heteroatoms. The number of aryl methyl sites for hydroxylation is 1. The van der Waals surface area contributed by atoms with Crippen molar-refractivity contribution in [3.05, 3.63) is 35.1 Å². The molecule has 1 aliphatic heterocycles. The molecule has 0 spiro atoms. The van der Waals surface area contributed by atoms with Gasteiger partial charge in [-0.2, -0.15) is 0 Å². The van der Waals surface area contributed by atoms with Gasteiger partial charge in [0.1, 0.15) is 5.82 Å². The maximum Gasteiger partial charge on any atom is 0.123 e. The lowest BCUT2D eigenvalue weighted by Crippen LogP contribution is -2.34. The lowest BCUT2D eigenvalue weighted by Gasteiger charge is -2.32. The van der Waals surface area contributed by atoms with E-state index in [0.717, 1.165) is 24.6 Å². The molecule has 20 heavy (non-hydrogen) atoms.